The van der Waals surface area contributed by atoms with Crippen LogP contribution in [0.2, 0.25) is 0 Å². The summed E-state index contributed by atoms with van der Waals surface area (Å²) in [6.07, 6.45) is 0. The standard InChI is InChI=1S/C20H18N4O2S2/c1-13-12-27-19(21-13)28-15-9-7-14(8-10-15)22-18(25)11-24-17-6-4-3-5-16(17)23(2)20(24)26/h3-10,12H,11H2,1-2H3,(H,22,25). The van der Waals surface area contributed by atoms with E-state index in [0.29, 0.717) is 5.69 Å². The summed E-state index contributed by atoms with van der Waals surface area (Å²) in [5.74, 6) is -0.241. The number of carbonyl (C=O) groups excluding carboxylic acids is 1. The summed E-state index contributed by atoms with van der Waals surface area (Å²) in [6.45, 7) is 1.94. The molecule has 0 unspecified atom stereocenters. The molecule has 4 aromatic rings. The summed E-state index contributed by atoms with van der Waals surface area (Å²) in [7, 11) is 1.71. The average molecular weight is 411 g/mol. The topological polar surface area (TPSA) is 68.9 Å². The Balaban J connectivity index is 1.46. The number of carbonyl (C=O) groups is 1. The number of thiazole rings is 1. The van der Waals surface area contributed by atoms with E-state index in [1.807, 2.05) is 60.8 Å². The monoisotopic (exact) mass is 410 g/mol. The minimum Gasteiger partial charge on any atom is -0.325 e. The number of benzene rings is 2. The molecule has 28 heavy (non-hydrogen) atoms. The molecule has 0 aliphatic rings. The van der Waals surface area contributed by atoms with E-state index in [0.717, 1.165) is 26.0 Å². The quantitative estimate of drug-likeness (QED) is 0.542. The fraction of sp³-hybridized carbons (Fsp3) is 0.150. The van der Waals surface area contributed by atoms with Crippen LogP contribution in [0.15, 0.2) is 67.9 Å². The van der Waals surface area contributed by atoms with Crippen molar-refractivity contribution >= 4 is 45.7 Å². The number of aryl methyl sites for hydroxylation is 2. The van der Waals surface area contributed by atoms with Crippen LogP contribution in [0.4, 0.5) is 5.69 Å². The largest absolute Gasteiger partial charge is 0.329 e. The van der Waals surface area contributed by atoms with E-state index >= 15 is 0 Å². The van der Waals surface area contributed by atoms with E-state index in [4.69, 9.17) is 0 Å². The third kappa shape index (κ3) is 3.74. The minimum atomic E-state index is -0.241. The number of nitrogens with zero attached hydrogens (tertiary/aromatic N) is 3. The lowest BCUT2D eigenvalue weighted by atomic mass is 10.3. The van der Waals surface area contributed by atoms with Gasteiger partial charge in [-0.1, -0.05) is 23.9 Å². The highest BCUT2D eigenvalue weighted by molar-refractivity contribution is 8.01. The highest BCUT2D eigenvalue weighted by Crippen LogP contribution is 2.30. The summed E-state index contributed by atoms with van der Waals surface area (Å²) < 4.78 is 4.03. The lowest BCUT2D eigenvalue weighted by molar-refractivity contribution is -0.116. The van der Waals surface area contributed by atoms with Crippen LogP contribution in [0.1, 0.15) is 5.69 Å². The summed E-state index contributed by atoms with van der Waals surface area (Å²) in [6, 6.07) is 15.0. The van der Waals surface area contributed by atoms with Gasteiger partial charge in [0, 0.05) is 28.7 Å². The number of rotatable bonds is 5. The molecule has 0 bridgehead atoms. The zero-order chi connectivity index (χ0) is 19.7. The molecular formula is C20H18N4O2S2. The number of imidazole rings is 1. The third-order valence-electron chi connectivity index (χ3n) is 4.29. The van der Waals surface area contributed by atoms with Gasteiger partial charge in [0.1, 0.15) is 6.54 Å². The number of amides is 1. The molecule has 8 heteroatoms. The van der Waals surface area contributed by atoms with Crippen LogP contribution in [0.25, 0.3) is 11.0 Å². The van der Waals surface area contributed by atoms with Gasteiger partial charge in [-0.3, -0.25) is 13.9 Å². The summed E-state index contributed by atoms with van der Waals surface area (Å²) in [4.78, 5) is 30.4. The maximum absolute atomic E-state index is 12.5. The molecule has 0 spiro atoms. The van der Waals surface area contributed by atoms with Gasteiger partial charge < -0.3 is 5.32 Å². The molecule has 2 aromatic carbocycles. The second-order valence-electron chi connectivity index (χ2n) is 6.35. The highest BCUT2D eigenvalue weighted by Gasteiger charge is 2.13. The number of hydrogen-bond acceptors (Lipinski definition) is 5. The first-order valence-electron chi connectivity index (χ1n) is 8.65. The highest BCUT2D eigenvalue weighted by atomic mass is 32.2. The van der Waals surface area contributed by atoms with Crippen LogP contribution >= 0.6 is 23.1 Å². The average Bonchev–Trinajstić information content (AvgIpc) is 3.20. The summed E-state index contributed by atoms with van der Waals surface area (Å²) in [5.41, 5.74) is 3.05. The first-order chi connectivity index (χ1) is 13.5. The predicted molar refractivity (Wildman–Crippen MR) is 113 cm³/mol. The maximum atomic E-state index is 12.5. The van der Waals surface area contributed by atoms with Gasteiger partial charge in [-0.05, 0) is 43.3 Å². The summed E-state index contributed by atoms with van der Waals surface area (Å²) in [5, 5.41) is 4.88. The van der Waals surface area contributed by atoms with Crippen molar-refractivity contribution in [3.63, 3.8) is 0 Å². The maximum Gasteiger partial charge on any atom is 0.329 e. The molecule has 0 aliphatic carbocycles. The van der Waals surface area contributed by atoms with Crippen molar-refractivity contribution in [2.75, 3.05) is 5.32 Å². The van der Waals surface area contributed by atoms with E-state index in [2.05, 4.69) is 10.3 Å². The van der Waals surface area contributed by atoms with Gasteiger partial charge in [-0.15, -0.1) is 11.3 Å². The van der Waals surface area contributed by atoms with Crippen LogP contribution in [0.3, 0.4) is 0 Å². The zero-order valence-corrected chi connectivity index (χ0v) is 17.0. The number of hydrogen-bond donors (Lipinski definition) is 1. The normalized spacial score (nSPS) is 11.1. The predicted octanol–water partition coefficient (Wildman–Crippen LogP) is 3.89. The van der Waals surface area contributed by atoms with E-state index in [1.54, 1.807) is 34.7 Å². The second-order valence-corrected chi connectivity index (χ2v) is 8.52. The van der Waals surface area contributed by atoms with Crippen molar-refractivity contribution in [1.82, 2.24) is 14.1 Å². The Labute approximate surface area is 169 Å². The second kappa shape index (κ2) is 7.65. The molecular weight excluding hydrogens is 392 g/mol. The van der Waals surface area contributed by atoms with Crippen LogP contribution in [-0.2, 0) is 18.4 Å². The molecule has 1 N–H and O–H groups in total. The Morgan fingerprint density at radius 3 is 2.54 bits per heavy atom. The van der Waals surface area contributed by atoms with Crippen molar-refractivity contribution in [2.24, 2.45) is 7.05 Å². The molecule has 0 saturated carbocycles. The first kappa shape index (κ1) is 18.5. The van der Waals surface area contributed by atoms with Gasteiger partial charge in [-0.25, -0.2) is 9.78 Å². The molecule has 0 aliphatic heterocycles. The van der Waals surface area contributed by atoms with E-state index in [1.165, 1.54) is 4.57 Å². The van der Waals surface area contributed by atoms with Gasteiger partial charge in [0.15, 0.2) is 4.34 Å². The van der Waals surface area contributed by atoms with Crippen LogP contribution in [-0.4, -0.2) is 20.0 Å². The van der Waals surface area contributed by atoms with Crippen molar-refractivity contribution in [1.29, 1.82) is 0 Å². The molecule has 0 atom stereocenters. The Morgan fingerprint density at radius 2 is 1.86 bits per heavy atom. The van der Waals surface area contributed by atoms with Crippen molar-refractivity contribution in [2.45, 2.75) is 22.7 Å². The van der Waals surface area contributed by atoms with Gasteiger partial charge in [0.2, 0.25) is 5.91 Å². The molecule has 4 rings (SSSR count). The molecule has 0 fully saturated rings. The van der Waals surface area contributed by atoms with Gasteiger partial charge >= 0.3 is 5.69 Å². The van der Waals surface area contributed by atoms with Crippen LogP contribution < -0.4 is 11.0 Å². The summed E-state index contributed by atoms with van der Waals surface area (Å²) >= 11 is 3.20. The first-order valence-corrected chi connectivity index (χ1v) is 10.3. The van der Waals surface area contributed by atoms with E-state index < -0.39 is 0 Å². The molecule has 2 aromatic heterocycles. The SMILES string of the molecule is Cc1csc(Sc2ccc(NC(=O)Cn3c(=O)n(C)c4ccccc43)cc2)n1. The Bertz CT molecular complexity index is 1210. The fourth-order valence-electron chi connectivity index (χ4n) is 2.95. The Kier molecular flexibility index (Phi) is 5.06. The lowest BCUT2D eigenvalue weighted by Crippen LogP contribution is -2.28. The number of fused-ring (bicyclic) bond motifs is 1. The minimum absolute atomic E-state index is 0.0327. The molecule has 0 radical (unpaired) electrons. The van der Waals surface area contributed by atoms with E-state index in [-0.39, 0.29) is 18.1 Å². The smallest absolute Gasteiger partial charge is 0.325 e. The van der Waals surface area contributed by atoms with Gasteiger partial charge in [0.25, 0.3) is 0 Å². The third-order valence-corrected chi connectivity index (χ3v) is 6.36. The fourth-order valence-corrected chi connectivity index (χ4v) is 4.76. The van der Waals surface area contributed by atoms with Crippen molar-refractivity contribution in [3.8, 4) is 0 Å². The Morgan fingerprint density at radius 1 is 1.14 bits per heavy atom. The van der Waals surface area contributed by atoms with Crippen molar-refractivity contribution in [3.05, 3.63) is 70.1 Å². The molecule has 0 saturated heterocycles. The molecule has 6 nitrogen and oxygen atoms in total. The molecule has 2 heterocycles. The van der Waals surface area contributed by atoms with Crippen molar-refractivity contribution < 1.29 is 4.79 Å². The van der Waals surface area contributed by atoms with E-state index in [9.17, 15) is 9.59 Å². The van der Waals surface area contributed by atoms with Gasteiger partial charge in [0.05, 0.1) is 11.0 Å². The van der Waals surface area contributed by atoms with Crippen LogP contribution in [0.5, 0.6) is 0 Å². The number of para-hydroxylation sites is 2. The molecule has 142 valence electrons. The Hall–Kier alpha value is -2.84. The van der Waals surface area contributed by atoms with Crippen LogP contribution in [0, 0.1) is 6.92 Å². The zero-order valence-electron chi connectivity index (χ0n) is 15.4. The number of nitrogens with one attached hydrogen (secondary N) is 1. The number of aromatic nitrogens is 3. The van der Waals surface area contributed by atoms with Gasteiger partial charge in [-0.2, -0.15) is 0 Å². The molecule has 1 amide bonds. The number of anilines is 1. The lowest BCUT2D eigenvalue weighted by Gasteiger charge is -2.07.